The Balaban J connectivity index is 1.45. The average molecular weight is 425 g/mol. The van der Waals surface area contributed by atoms with E-state index in [0.717, 1.165) is 15.3 Å². The summed E-state index contributed by atoms with van der Waals surface area (Å²) in [7, 11) is 0. The number of anilines is 1. The van der Waals surface area contributed by atoms with E-state index in [9.17, 15) is 10.1 Å². The summed E-state index contributed by atoms with van der Waals surface area (Å²) >= 11 is 6.83. The van der Waals surface area contributed by atoms with Gasteiger partial charge in [0.2, 0.25) is 4.77 Å². The van der Waals surface area contributed by atoms with Gasteiger partial charge in [-0.3, -0.25) is 15.2 Å². The van der Waals surface area contributed by atoms with Crippen LogP contribution in [0, 0.1) is 14.9 Å². The maximum Gasteiger partial charge on any atom is 0.270 e. The highest BCUT2D eigenvalue weighted by atomic mass is 32.1. The van der Waals surface area contributed by atoms with E-state index in [4.69, 9.17) is 12.2 Å². The predicted octanol–water partition coefficient (Wildman–Crippen LogP) is 4.00. The zero-order valence-corrected chi connectivity index (χ0v) is 16.6. The summed E-state index contributed by atoms with van der Waals surface area (Å²) in [5.74, 6) is 0.644. The van der Waals surface area contributed by atoms with Crippen molar-refractivity contribution in [2.75, 3.05) is 11.9 Å². The predicted molar refractivity (Wildman–Crippen MR) is 115 cm³/mol. The van der Waals surface area contributed by atoms with E-state index in [-0.39, 0.29) is 5.69 Å². The van der Waals surface area contributed by atoms with E-state index < -0.39 is 4.92 Å². The first kappa shape index (κ1) is 18.9. The number of benzene rings is 2. The molecule has 0 saturated heterocycles. The normalized spacial score (nSPS) is 11.3. The van der Waals surface area contributed by atoms with Crippen LogP contribution in [0.15, 0.2) is 53.6 Å². The molecule has 9 nitrogen and oxygen atoms in total. The van der Waals surface area contributed by atoms with Crippen LogP contribution in [0.25, 0.3) is 10.2 Å². The summed E-state index contributed by atoms with van der Waals surface area (Å²) < 4.78 is 2.98. The summed E-state index contributed by atoms with van der Waals surface area (Å²) in [6.07, 6.45) is 2.08. The largest absolute Gasteiger partial charge is 0.361 e. The van der Waals surface area contributed by atoms with Crippen LogP contribution in [-0.4, -0.2) is 37.5 Å². The first-order valence-corrected chi connectivity index (χ1v) is 9.87. The van der Waals surface area contributed by atoms with Gasteiger partial charge in [-0.2, -0.15) is 14.9 Å². The zero-order valence-electron chi connectivity index (χ0n) is 15.0. The Labute approximate surface area is 173 Å². The SMILES string of the molecule is O=[N+]([O-])c1cccc(/C=N/n2c(CCNc3nc4ccccc4s3)n[nH]c2=S)c1. The molecule has 4 aromatic rings. The molecule has 0 saturated carbocycles. The third kappa shape index (κ3) is 4.36. The smallest absolute Gasteiger partial charge is 0.270 e. The minimum Gasteiger partial charge on any atom is -0.361 e. The van der Waals surface area contributed by atoms with Gasteiger partial charge in [-0.15, -0.1) is 0 Å². The number of hydrogen-bond donors (Lipinski definition) is 2. The monoisotopic (exact) mass is 425 g/mol. The van der Waals surface area contributed by atoms with Gasteiger partial charge in [-0.05, 0) is 24.4 Å². The molecule has 0 fully saturated rings. The number of aromatic nitrogens is 4. The first-order chi connectivity index (χ1) is 14.1. The number of fused-ring (bicyclic) bond motifs is 1. The molecule has 0 aliphatic heterocycles. The van der Waals surface area contributed by atoms with Crippen molar-refractivity contribution in [1.29, 1.82) is 0 Å². The van der Waals surface area contributed by atoms with Crippen molar-refractivity contribution in [2.45, 2.75) is 6.42 Å². The Morgan fingerprint density at radius 1 is 1.31 bits per heavy atom. The van der Waals surface area contributed by atoms with Gasteiger partial charge in [0.1, 0.15) is 0 Å². The summed E-state index contributed by atoms with van der Waals surface area (Å²) in [5.41, 5.74) is 1.56. The lowest BCUT2D eigenvalue weighted by Gasteiger charge is -2.02. The summed E-state index contributed by atoms with van der Waals surface area (Å²) in [4.78, 5) is 15.0. The lowest BCUT2D eigenvalue weighted by molar-refractivity contribution is -0.384. The van der Waals surface area contributed by atoms with Crippen LogP contribution in [0.2, 0.25) is 0 Å². The number of hydrogen-bond acceptors (Lipinski definition) is 8. The number of para-hydroxylation sites is 1. The molecule has 0 unspecified atom stereocenters. The molecule has 2 heterocycles. The molecule has 4 rings (SSSR count). The molecule has 0 spiro atoms. The lowest BCUT2D eigenvalue weighted by Crippen LogP contribution is -2.08. The molecule has 0 bridgehead atoms. The number of nitrogens with zero attached hydrogens (tertiary/aromatic N) is 5. The lowest BCUT2D eigenvalue weighted by atomic mass is 10.2. The fraction of sp³-hybridized carbons (Fsp3) is 0.111. The Kier molecular flexibility index (Phi) is 5.40. The van der Waals surface area contributed by atoms with Gasteiger partial charge in [-0.25, -0.2) is 4.98 Å². The average Bonchev–Trinajstić information content (AvgIpc) is 3.29. The second kappa shape index (κ2) is 8.29. The number of H-pyrrole nitrogens is 1. The van der Waals surface area contributed by atoms with Gasteiger partial charge >= 0.3 is 0 Å². The van der Waals surface area contributed by atoms with E-state index in [1.165, 1.54) is 23.0 Å². The van der Waals surface area contributed by atoms with Crippen molar-refractivity contribution < 1.29 is 4.92 Å². The van der Waals surface area contributed by atoms with Crippen molar-refractivity contribution in [1.82, 2.24) is 19.9 Å². The second-order valence-electron chi connectivity index (χ2n) is 6.02. The van der Waals surface area contributed by atoms with Gasteiger partial charge in [0, 0.05) is 30.7 Å². The molecule has 0 aliphatic carbocycles. The number of non-ortho nitro benzene ring substituents is 1. The Bertz CT molecular complexity index is 1230. The van der Waals surface area contributed by atoms with Crippen LogP contribution in [0.4, 0.5) is 10.8 Å². The van der Waals surface area contributed by atoms with Crippen molar-refractivity contribution in [2.24, 2.45) is 5.10 Å². The number of nitrogens with one attached hydrogen (secondary N) is 2. The van der Waals surface area contributed by atoms with Crippen LogP contribution in [0.5, 0.6) is 0 Å². The topological polar surface area (TPSA) is 114 Å². The maximum atomic E-state index is 10.9. The van der Waals surface area contributed by atoms with Crippen molar-refractivity contribution in [3.63, 3.8) is 0 Å². The van der Waals surface area contributed by atoms with Crippen LogP contribution < -0.4 is 5.32 Å². The molecule has 146 valence electrons. The molecule has 29 heavy (non-hydrogen) atoms. The second-order valence-corrected chi connectivity index (χ2v) is 7.43. The summed E-state index contributed by atoms with van der Waals surface area (Å²) in [5, 5.41) is 26.3. The fourth-order valence-electron chi connectivity index (χ4n) is 2.68. The van der Waals surface area contributed by atoms with E-state index in [1.807, 2.05) is 24.3 Å². The third-order valence-electron chi connectivity index (χ3n) is 4.04. The third-order valence-corrected chi connectivity index (χ3v) is 5.30. The Hall–Kier alpha value is -3.44. The Morgan fingerprint density at radius 2 is 2.17 bits per heavy atom. The van der Waals surface area contributed by atoms with Gasteiger partial charge < -0.3 is 5.32 Å². The number of aromatic amines is 1. The highest BCUT2D eigenvalue weighted by Crippen LogP contribution is 2.25. The highest BCUT2D eigenvalue weighted by Gasteiger charge is 2.08. The molecule has 0 aliphatic rings. The van der Waals surface area contributed by atoms with Crippen LogP contribution in [0.3, 0.4) is 0 Å². The molecule has 2 N–H and O–H groups in total. The van der Waals surface area contributed by atoms with Crippen LogP contribution in [-0.2, 0) is 6.42 Å². The summed E-state index contributed by atoms with van der Waals surface area (Å²) in [6, 6.07) is 14.2. The first-order valence-electron chi connectivity index (χ1n) is 8.65. The molecule has 0 atom stereocenters. The van der Waals surface area contributed by atoms with Gasteiger partial charge in [0.25, 0.3) is 5.69 Å². The van der Waals surface area contributed by atoms with E-state index in [1.54, 1.807) is 23.5 Å². The maximum absolute atomic E-state index is 10.9. The summed E-state index contributed by atoms with van der Waals surface area (Å²) in [6.45, 7) is 0.603. The standard InChI is InChI=1S/C18H15N7O2S2/c26-25(27)13-5-3-4-12(10-13)11-20-24-16(22-23-18(24)28)8-9-19-17-21-14-6-1-2-7-15(14)29-17/h1-7,10-11H,8-9H2,(H,19,21)(H,23,28)/b20-11+. The molecule has 2 aromatic carbocycles. The van der Waals surface area contributed by atoms with Gasteiger partial charge in [0.05, 0.1) is 21.4 Å². The van der Waals surface area contributed by atoms with Crippen molar-refractivity contribution >= 4 is 50.8 Å². The van der Waals surface area contributed by atoms with E-state index in [0.29, 0.717) is 29.1 Å². The van der Waals surface area contributed by atoms with Crippen molar-refractivity contribution in [3.8, 4) is 0 Å². The highest BCUT2D eigenvalue weighted by molar-refractivity contribution is 7.71. The fourth-order valence-corrected chi connectivity index (χ4v) is 3.77. The molecule has 2 aromatic heterocycles. The van der Waals surface area contributed by atoms with Crippen LogP contribution >= 0.6 is 23.6 Å². The zero-order chi connectivity index (χ0) is 20.2. The number of nitro benzene ring substituents is 1. The molecule has 0 amide bonds. The molecule has 11 heteroatoms. The number of rotatable bonds is 7. The quantitative estimate of drug-likeness (QED) is 0.200. The van der Waals surface area contributed by atoms with Crippen LogP contribution in [0.1, 0.15) is 11.4 Å². The molecule has 0 radical (unpaired) electrons. The van der Waals surface area contributed by atoms with E-state index in [2.05, 4.69) is 25.6 Å². The number of thiazole rings is 1. The Morgan fingerprint density at radius 3 is 3.00 bits per heavy atom. The minimum atomic E-state index is -0.444. The van der Waals surface area contributed by atoms with Crippen molar-refractivity contribution in [3.05, 3.63) is 74.8 Å². The molecular formula is C18H15N7O2S2. The molecular weight excluding hydrogens is 410 g/mol. The number of nitro groups is 1. The minimum absolute atomic E-state index is 0.00463. The van der Waals surface area contributed by atoms with E-state index >= 15 is 0 Å². The van der Waals surface area contributed by atoms with Gasteiger partial charge in [0.15, 0.2) is 11.0 Å². The van der Waals surface area contributed by atoms with Gasteiger partial charge in [-0.1, -0.05) is 35.6 Å².